The number of rotatable bonds is 4. The average Bonchev–Trinajstić information content (AvgIpc) is 2.47. The zero-order chi connectivity index (χ0) is 14.5. The van der Waals surface area contributed by atoms with Crippen LogP contribution in [0.15, 0.2) is 12.1 Å². The van der Waals surface area contributed by atoms with E-state index in [1.54, 1.807) is 0 Å². The van der Waals surface area contributed by atoms with Crippen LogP contribution in [0, 0.1) is 10.1 Å². The van der Waals surface area contributed by atoms with E-state index in [4.69, 9.17) is 0 Å². The van der Waals surface area contributed by atoms with Crippen molar-refractivity contribution in [2.24, 2.45) is 0 Å². The maximum atomic E-state index is 11.4. The van der Waals surface area contributed by atoms with Gasteiger partial charge in [0, 0.05) is 12.1 Å². The van der Waals surface area contributed by atoms with Crippen molar-refractivity contribution in [1.29, 1.82) is 0 Å². The molecule has 1 fully saturated rings. The van der Waals surface area contributed by atoms with E-state index in [-0.39, 0.29) is 23.2 Å². The summed E-state index contributed by atoms with van der Waals surface area (Å²) >= 11 is 0. The molecular formula is C12H16N4O4. The van der Waals surface area contributed by atoms with Crippen LogP contribution in [0.4, 0.5) is 11.5 Å². The maximum absolute atomic E-state index is 11.4. The number of methoxy groups -OCH3 is 1. The number of anilines is 1. The number of carbonyl (C=O) groups excluding carboxylic acids is 1. The van der Waals surface area contributed by atoms with E-state index in [0.29, 0.717) is 0 Å². The van der Waals surface area contributed by atoms with Gasteiger partial charge in [0.05, 0.1) is 12.0 Å². The predicted octanol–water partition coefficient (Wildman–Crippen LogP) is 0.940. The number of pyridine rings is 1. The van der Waals surface area contributed by atoms with Gasteiger partial charge in [0.1, 0.15) is 0 Å². The molecule has 2 N–H and O–H groups in total. The number of carbonyl (C=O) groups is 1. The molecule has 1 aliphatic heterocycles. The first kappa shape index (κ1) is 14.2. The molecule has 1 aromatic heterocycles. The van der Waals surface area contributed by atoms with Gasteiger partial charge in [-0.25, -0.2) is 9.78 Å². The third-order valence-electron chi connectivity index (χ3n) is 3.15. The molecule has 0 radical (unpaired) electrons. The molecule has 8 nitrogen and oxygen atoms in total. The Kier molecular flexibility index (Phi) is 4.46. The van der Waals surface area contributed by atoms with E-state index < -0.39 is 10.9 Å². The fraction of sp³-hybridized carbons (Fsp3) is 0.500. The van der Waals surface area contributed by atoms with Gasteiger partial charge in [0.15, 0.2) is 5.69 Å². The highest BCUT2D eigenvalue weighted by molar-refractivity contribution is 5.88. The lowest BCUT2D eigenvalue weighted by Gasteiger charge is -2.24. The third kappa shape index (κ3) is 3.21. The topological polar surface area (TPSA) is 106 Å². The van der Waals surface area contributed by atoms with E-state index in [1.165, 1.54) is 19.2 Å². The Labute approximate surface area is 115 Å². The Balaban J connectivity index is 2.26. The molecule has 0 unspecified atom stereocenters. The van der Waals surface area contributed by atoms with Crippen LogP contribution < -0.4 is 10.6 Å². The molecule has 0 saturated carbocycles. The molecule has 0 amide bonds. The minimum atomic E-state index is -0.617. The van der Waals surface area contributed by atoms with Crippen molar-refractivity contribution in [1.82, 2.24) is 10.3 Å². The number of ether oxygens (including phenoxy) is 1. The second-order valence-electron chi connectivity index (χ2n) is 4.48. The predicted molar refractivity (Wildman–Crippen MR) is 71.7 cm³/mol. The molecule has 1 aromatic rings. The fourth-order valence-electron chi connectivity index (χ4n) is 2.08. The second-order valence-corrected chi connectivity index (χ2v) is 4.48. The minimum absolute atomic E-state index is 0.0505. The first-order chi connectivity index (χ1) is 9.61. The lowest BCUT2D eigenvalue weighted by molar-refractivity contribution is -0.384. The van der Waals surface area contributed by atoms with Crippen LogP contribution in [0.1, 0.15) is 23.3 Å². The standard InChI is InChI=1S/C12H16N4O4/c1-20-12(17)9-2-3-10(16(18)19)11(15-9)14-8-4-6-13-7-5-8/h2-3,8,13H,4-7H2,1H3,(H,14,15). The number of nitro groups is 1. The van der Waals surface area contributed by atoms with Crippen LogP contribution in [0.25, 0.3) is 0 Å². The molecule has 0 aromatic carbocycles. The van der Waals surface area contributed by atoms with E-state index in [0.717, 1.165) is 25.9 Å². The highest BCUT2D eigenvalue weighted by Gasteiger charge is 2.22. The lowest BCUT2D eigenvalue weighted by atomic mass is 10.1. The van der Waals surface area contributed by atoms with Crippen molar-refractivity contribution in [2.45, 2.75) is 18.9 Å². The molecule has 2 heterocycles. The molecule has 1 saturated heterocycles. The minimum Gasteiger partial charge on any atom is -0.464 e. The number of aromatic nitrogens is 1. The normalized spacial score (nSPS) is 15.7. The van der Waals surface area contributed by atoms with Crippen LogP contribution in [0.5, 0.6) is 0 Å². The van der Waals surface area contributed by atoms with E-state index >= 15 is 0 Å². The molecule has 2 rings (SSSR count). The van der Waals surface area contributed by atoms with Crippen molar-refractivity contribution in [3.63, 3.8) is 0 Å². The third-order valence-corrected chi connectivity index (χ3v) is 3.15. The summed E-state index contributed by atoms with van der Waals surface area (Å²) in [6.07, 6.45) is 1.70. The molecular weight excluding hydrogens is 264 g/mol. The Morgan fingerprint density at radius 1 is 1.50 bits per heavy atom. The molecule has 0 atom stereocenters. The lowest BCUT2D eigenvalue weighted by Crippen LogP contribution is -2.35. The molecule has 8 heteroatoms. The van der Waals surface area contributed by atoms with Gasteiger partial charge >= 0.3 is 11.7 Å². The van der Waals surface area contributed by atoms with Gasteiger partial charge in [-0.15, -0.1) is 0 Å². The molecule has 0 spiro atoms. The Morgan fingerprint density at radius 2 is 2.20 bits per heavy atom. The molecule has 108 valence electrons. The number of piperidine rings is 1. The van der Waals surface area contributed by atoms with Crippen LogP contribution in [-0.2, 0) is 4.74 Å². The van der Waals surface area contributed by atoms with Gasteiger partial charge < -0.3 is 15.4 Å². The Bertz CT molecular complexity index is 514. The van der Waals surface area contributed by atoms with Gasteiger partial charge in [-0.3, -0.25) is 10.1 Å². The Morgan fingerprint density at radius 3 is 2.80 bits per heavy atom. The SMILES string of the molecule is COC(=O)c1ccc([N+](=O)[O-])c(NC2CCNCC2)n1. The number of esters is 1. The largest absolute Gasteiger partial charge is 0.464 e. The number of hydrogen-bond donors (Lipinski definition) is 2. The highest BCUT2D eigenvalue weighted by atomic mass is 16.6. The first-order valence-electron chi connectivity index (χ1n) is 6.33. The van der Waals surface area contributed by atoms with Gasteiger partial charge in [-0.2, -0.15) is 0 Å². The summed E-state index contributed by atoms with van der Waals surface area (Å²) in [5.74, 6) is -0.502. The Hall–Kier alpha value is -2.22. The van der Waals surface area contributed by atoms with Crippen LogP contribution in [0.2, 0.25) is 0 Å². The number of hydrogen-bond acceptors (Lipinski definition) is 7. The van der Waals surface area contributed by atoms with Crippen molar-refractivity contribution >= 4 is 17.5 Å². The second kappa shape index (κ2) is 6.29. The summed E-state index contributed by atoms with van der Waals surface area (Å²) in [6.45, 7) is 1.70. The van der Waals surface area contributed by atoms with Gasteiger partial charge in [-0.05, 0) is 32.0 Å². The van der Waals surface area contributed by atoms with Gasteiger partial charge in [0.2, 0.25) is 5.82 Å². The molecule has 0 aliphatic carbocycles. The molecule has 20 heavy (non-hydrogen) atoms. The van der Waals surface area contributed by atoms with E-state index in [1.807, 2.05) is 0 Å². The number of nitrogens with zero attached hydrogens (tertiary/aromatic N) is 2. The molecule has 1 aliphatic rings. The van der Waals surface area contributed by atoms with Crippen molar-refractivity contribution < 1.29 is 14.5 Å². The van der Waals surface area contributed by atoms with Crippen molar-refractivity contribution in [2.75, 3.05) is 25.5 Å². The summed E-state index contributed by atoms with van der Waals surface area (Å²) in [4.78, 5) is 26.0. The quantitative estimate of drug-likeness (QED) is 0.480. The number of nitrogens with one attached hydrogen (secondary N) is 2. The van der Waals surface area contributed by atoms with E-state index in [9.17, 15) is 14.9 Å². The highest BCUT2D eigenvalue weighted by Crippen LogP contribution is 2.24. The van der Waals surface area contributed by atoms with Gasteiger partial charge in [0.25, 0.3) is 0 Å². The van der Waals surface area contributed by atoms with Crippen LogP contribution in [-0.4, -0.2) is 42.1 Å². The smallest absolute Gasteiger partial charge is 0.356 e. The summed E-state index contributed by atoms with van der Waals surface area (Å²) in [7, 11) is 1.24. The van der Waals surface area contributed by atoms with Crippen molar-refractivity contribution in [3.8, 4) is 0 Å². The first-order valence-corrected chi connectivity index (χ1v) is 6.33. The van der Waals surface area contributed by atoms with Crippen molar-refractivity contribution in [3.05, 3.63) is 27.9 Å². The summed E-state index contributed by atoms with van der Waals surface area (Å²) in [5, 5.41) is 17.3. The summed E-state index contributed by atoms with van der Waals surface area (Å²) < 4.78 is 4.57. The summed E-state index contributed by atoms with van der Waals surface area (Å²) in [5.41, 5.74) is -0.0919. The average molecular weight is 280 g/mol. The molecule has 0 bridgehead atoms. The monoisotopic (exact) mass is 280 g/mol. The fourth-order valence-corrected chi connectivity index (χ4v) is 2.08. The van der Waals surface area contributed by atoms with Gasteiger partial charge in [-0.1, -0.05) is 0 Å². The van der Waals surface area contributed by atoms with E-state index in [2.05, 4.69) is 20.4 Å². The maximum Gasteiger partial charge on any atom is 0.356 e. The van der Waals surface area contributed by atoms with Crippen LogP contribution in [0.3, 0.4) is 0 Å². The zero-order valence-corrected chi connectivity index (χ0v) is 11.1. The van der Waals surface area contributed by atoms with Crippen LogP contribution >= 0.6 is 0 Å². The summed E-state index contributed by atoms with van der Waals surface area (Å²) in [6, 6.07) is 2.66. The zero-order valence-electron chi connectivity index (χ0n) is 11.1.